The number of carbonyl (C=O) groups is 1. The van der Waals surface area contributed by atoms with Gasteiger partial charge in [-0.05, 0) is 38.8 Å². The number of carbonyl (C=O) groups excluding carboxylic acids is 1. The van der Waals surface area contributed by atoms with Crippen LogP contribution in [-0.2, 0) is 11.2 Å². The van der Waals surface area contributed by atoms with Gasteiger partial charge in [0.1, 0.15) is 0 Å². The molecule has 1 aromatic carbocycles. The fourth-order valence-electron chi connectivity index (χ4n) is 2.69. The van der Waals surface area contributed by atoms with Crippen molar-refractivity contribution in [3.05, 3.63) is 35.9 Å². The van der Waals surface area contributed by atoms with Crippen LogP contribution in [0.15, 0.2) is 30.3 Å². The van der Waals surface area contributed by atoms with E-state index >= 15 is 0 Å². The van der Waals surface area contributed by atoms with Crippen LogP contribution in [0, 0.1) is 5.41 Å². The number of nitrogens with zero attached hydrogens (tertiary/aromatic N) is 1. The van der Waals surface area contributed by atoms with E-state index in [1.807, 2.05) is 11.0 Å². The molecule has 1 saturated heterocycles. The van der Waals surface area contributed by atoms with E-state index in [1.165, 1.54) is 5.56 Å². The van der Waals surface area contributed by atoms with Gasteiger partial charge in [0.2, 0.25) is 5.91 Å². The monoisotopic (exact) mass is 296 g/mol. The highest BCUT2D eigenvalue weighted by molar-refractivity contribution is 5.85. The lowest BCUT2D eigenvalue weighted by molar-refractivity contribution is -0.140. The maximum Gasteiger partial charge on any atom is 0.229 e. The number of nitrogens with one attached hydrogen (secondary N) is 1. The molecule has 0 spiro atoms. The average Bonchev–Trinajstić information content (AvgIpc) is 2.88. The smallest absolute Gasteiger partial charge is 0.229 e. The van der Waals surface area contributed by atoms with Gasteiger partial charge in [-0.15, -0.1) is 12.4 Å². The van der Waals surface area contributed by atoms with Crippen molar-refractivity contribution < 1.29 is 4.79 Å². The fourth-order valence-corrected chi connectivity index (χ4v) is 2.69. The third kappa shape index (κ3) is 3.97. The van der Waals surface area contributed by atoms with E-state index in [4.69, 9.17) is 0 Å². The van der Waals surface area contributed by atoms with Gasteiger partial charge in [-0.25, -0.2) is 0 Å². The fraction of sp³-hybridized carbons (Fsp3) is 0.562. The summed E-state index contributed by atoms with van der Waals surface area (Å²) >= 11 is 0. The van der Waals surface area contributed by atoms with Crippen LogP contribution in [0.5, 0.6) is 0 Å². The molecule has 1 aromatic rings. The van der Waals surface area contributed by atoms with Gasteiger partial charge in [-0.3, -0.25) is 4.79 Å². The Morgan fingerprint density at radius 3 is 2.60 bits per heavy atom. The molecule has 112 valence electrons. The first-order valence-corrected chi connectivity index (χ1v) is 7.20. The van der Waals surface area contributed by atoms with Crippen LogP contribution >= 0.6 is 12.4 Å². The maximum absolute atomic E-state index is 12.6. The summed E-state index contributed by atoms with van der Waals surface area (Å²) in [5.41, 5.74) is 1.09. The second kappa shape index (κ2) is 7.65. The topological polar surface area (TPSA) is 32.3 Å². The predicted octanol–water partition coefficient (Wildman–Crippen LogP) is 2.50. The van der Waals surface area contributed by atoms with Crippen molar-refractivity contribution in [1.82, 2.24) is 10.2 Å². The van der Waals surface area contributed by atoms with E-state index < -0.39 is 0 Å². The molecular weight excluding hydrogens is 272 g/mol. The van der Waals surface area contributed by atoms with Crippen LogP contribution in [0.4, 0.5) is 0 Å². The first-order chi connectivity index (χ1) is 9.15. The molecule has 0 saturated carbocycles. The van der Waals surface area contributed by atoms with Crippen molar-refractivity contribution in [3.63, 3.8) is 0 Å². The molecule has 1 atom stereocenters. The van der Waals surface area contributed by atoms with E-state index in [0.717, 1.165) is 39.0 Å². The molecule has 1 amide bonds. The number of halogens is 1. The van der Waals surface area contributed by atoms with Crippen molar-refractivity contribution in [2.24, 2.45) is 5.41 Å². The largest absolute Gasteiger partial charge is 0.342 e. The molecule has 20 heavy (non-hydrogen) atoms. The Balaban J connectivity index is 0.00000200. The number of likely N-dealkylation sites (N-methyl/N-ethyl adjacent to an activating group) is 1. The number of hydrogen-bond acceptors (Lipinski definition) is 2. The second-order valence-corrected chi connectivity index (χ2v) is 5.61. The Morgan fingerprint density at radius 1 is 1.35 bits per heavy atom. The molecule has 1 unspecified atom stereocenters. The molecule has 0 aromatic heterocycles. The molecule has 3 nitrogen and oxygen atoms in total. The van der Waals surface area contributed by atoms with Gasteiger partial charge in [0.15, 0.2) is 0 Å². The summed E-state index contributed by atoms with van der Waals surface area (Å²) in [6, 6.07) is 10.4. The van der Waals surface area contributed by atoms with Gasteiger partial charge in [0.05, 0.1) is 5.41 Å². The highest BCUT2D eigenvalue weighted by Gasteiger charge is 2.38. The Kier molecular flexibility index (Phi) is 6.50. The first kappa shape index (κ1) is 17.0. The zero-order valence-corrected chi connectivity index (χ0v) is 13.2. The standard InChI is InChI=1S/C16H24N2O.ClH/c1-3-18(12-9-14-7-5-4-6-8-14)15(19)16(2)10-11-17-13-16;/h4-8,17H,3,9-13H2,1-2H3;1H. The quantitative estimate of drug-likeness (QED) is 0.905. The summed E-state index contributed by atoms with van der Waals surface area (Å²) in [5.74, 6) is 0.302. The summed E-state index contributed by atoms with van der Waals surface area (Å²) < 4.78 is 0. The molecular formula is C16H25ClN2O. The Bertz CT molecular complexity index is 416. The van der Waals surface area contributed by atoms with Gasteiger partial charge >= 0.3 is 0 Å². The van der Waals surface area contributed by atoms with Crippen molar-refractivity contribution in [2.75, 3.05) is 26.2 Å². The third-order valence-corrected chi connectivity index (χ3v) is 4.07. The second-order valence-electron chi connectivity index (χ2n) is 5.61. The maximum atomic E-state index is 12.6. The molecule has 2 rings (SSSR count). The summed E-state index contributed by atoms with van der Waals surface area (Å²) in [4.78, 5) is 14.6. The zero-order valence-electron chi connectivity index (χ0n) is 12.4. The summed E-state index contributed by atoms with van der Waals surface area (Å²) in [5, 5.41) is 3.30. The van der Waals surface area contributed by atoms with Crippen LogP contribution in [0.3, 0.4) is 0 Å². The number of benzene rings is 1. The van der Waals surface area contributed by atoms with Crippen LogP contribution in [0.2, 0.25) is 0 Å². The van der Waals surface area contributed by atoms with Gasteiger partial charge < -0.3 is 10.2 Å². The minimum atomic E-state index is -0.202. The van der Waals surface area contributed by atoms with E-state index in [2.05, 4.69) is 43.4 Å². The minimum absolute atomic E-state index is 0. The van der Waals surface area contributed by atoms with Crippen LogP contribution in [-0.4, -0.2) is 37.0 Å². The molecule has 1 fully saturated rings. The van der Waals surface area contributed by atoms with Gasteiger partial charge in [-0.2, -0.15) is 0 Å². The van der Waals surface area contributed by atoms with Crippen molar-refractivity contribution in [3.8, 4) is 0 Å². The van der Waals surface area contributed by atoms with Gasteiger partial charge in [0.25, 0.3) is 0 Å². The van der Waals surface area contributed by atoms with E-state index in [9.17, 15) is 4.79 Å². The molecule has 4 heteroatoms. The predicted molar refractivity (Wildman–Crippen MR) is 85.2 cm³/mol. The lowest BCUT2D eigenvalue weighted by Crippen LogP contribution is -2.44. The van der Waals surface area contributed by atoms with Crippen LogP contribution in [0.25, 0.3) is 0 Å². The molecule has 1 heterocycles. The molecule has 0 bridgehead atoms. The molecule has 1 N–H and O–H groups in total. The molecule has 1 aliphatic rings. The lowest BCUT2D eigenvalue weighted by atomic mass is 9.88. The number of amides is 1. The summed E-state index contributed by atoms with van der Waals surface area (Å²) in [6.07, 6.45) is 1.89. The van der Waals surface area contributed by atoms with Crippen LogP contribution in [0.1, 0.15) is 25.8 Å². The SMILES string of the molecule is CCN(CCc1ccccc1)C(=O)C1(C)CCNC1.Cl. The minimum Gasteiger partial charge on any atom is -0.342 e. The Labute approximate surface area is 128 Å². The van der Waals surface area contributed by atoms with Crippen LogP contribution < -0.4 is 5.32 Å². The molecule has 0 radical (unpaired) electrons. The Morgan fingerprint density at radius 2 is 2.05 bits per heavy atom. The average molecular weight is 297 g/mol. The zero-order chi connectivity index (χ0) is 13.7. The lowest BCUT2D eigenvalue weighted by Gasteiger charge is -2.30. The normalized spacial score (nSPS) is 21.3. The summed E-state index contributed by atoms with van der Waals surface area (Å²) in [7, 11) is 0. The van der Waals surface area contributed by atoms with Crippen molar-refractivity contribution in [1.29, 1.82) is 0 Å². The summed E-state index contributed by atoms with van der Waals surface area (Å²) in [6.45, 7) is 7.53. The van der Waals surface area contributed by atoms with E-state index in [0.29, 0.717) is 5.91 Å². The number of hydrogen-bond donors (Lipinski definition) is 1. The van der Waals surface area contributed by atoms with Crippen molar-refractivity contribution >= 4 is 18.3 Å². The van der Waals surface area contributed by atoms with E-state index in [1.54, 1.807) is 0 Å². The third-order valence-electron chi connectivity index (χ3n) is 4.07. The Hall–Kier alpha value is -1.06. The number of rotatable bonds is 5. The van der Waals surface area contributed by atoms with Gasteiger partial charge in [0, 0.05) is 19.6 Å². The molecule has 1 aliphatic heterocycles. The van der Waals surface area contributed by atoms with Gasteiger partial charge in [-0.1, -0.05) is 30.3 Å². The molecule has 0 aliphatic carbocycles. The first-order valence-electron chi connectivity index (χ1n) is 7.20. The highest BCUT2D eigenvalue weighted by atomic mass is 35.5. The van der Waals surface area contributed by atoms with E-state index in [-0.39, 0.29) is 17.8 Å². The van der Waals surface area contributed by atoms with Crippen molar-refractivity contribution in [2.45, 2.75) is 26.7 Å². The highest BCUT2D eigenvalue weighted by Crippen LogP contribution is 2.27.